The number of benzene rings is 1. The predicted molar refractivity (Wildman–Crippen MR) is 98.1 cm³/mol. The molecule has 1 fully saturated rings. The molecule has 1 aliphatic heterocycles. The number of hydrogen-bond acceptors (Lipinski definition) is 8. The molecule has 158 valence electrons. The second-order valence-corrected chi connectivity index (χ2v) is 6.66. The third-order valence-corrected chi connectivity index (χ3v) is 4.72. The average molecular weight is 419 g/mol. The van der Waals surface area contributed by atoms with Gasteiger partial charge in [-0.15, -0.1) is 5.10 Å². The van der Waals surface area contributed by atoms with Crippen molar-refractivity contribution in [2.24, 2.45) is 0 Å². The fraction of sp³-hybridized carbons (Fsp3) is 0.333. The van der Waals surface area contributed by atoms with Crippen LogP contribution in [-0.2, 0) is 11.3 Å². The van der Waals surface area contributed by atoms with Gasteiger partial charge in [-0.2, -0.15) is 0 Å². The zero-order chi connectivity index (χ0) is 21.3. The lowest BCUT2D eigenvalue weighted by Crippen LogP contribution is -2.36. The summed E-state index contributed by atoms with van der Waals surface area (Å²) >= 11 is 0. The third-order valence-electron chi connectivity index (χ3n) is 4.72. The summed E-state index contributed by atoms with van der Waals surface area (Å²) in [5, 5.41) is 28.0. The van der Waals surface area contributed by atoms with Gasteiger partial charge in [-0.05, 0) is 12.1 Å². The van der Waals surface area contributed by atoms with Crippen LogP contribution in [0.15, 0.2) is 52.3 Å². The Morgan fingerprint density at radius 1 is 1.27 bits per heavy atom. The number of aromatic nitrogens is 5. The van der Waals surface area contributed by atoms with Gasteiger partial charge in [-0.1, -0.05) is 17.3 Å². The van der Waals surface area contributed by atoms with Gasteiger partial charge in [0, 0.05) is 12.3 Å². The van der Waals surface area contributed by atoms with Crippen LogP contribution in [0.3, 0.4) is 0 Å². The lowest BCUT2D eigenvalue weighted by Gasteiger charge is -2.21. The number of rotatable bonds is 6. The second kappa shape index (κ2) is 8.18. The van der Waals surface area contributed by atoms with Crippen LogP contribution in [0.2, 0.25) is 0 Å². The molecular weight excluding hydrogens is 401 g/mol. The van der Waals surface area contributed by atoms with Crippen LogP contribution in [0, 0.1) is 5.82 Å². The molecule has 1 aromatic carbocycles. The van der Waals surface area contributed by atoms with Gasteiger partial charge < -0.3 is 19.7 Å². The zero-order valence-electron chi connectivity index (χ0n) is 15.5. The first-order chi connectivity index (χ1) is 14.5. The molecule has 3 aromatic rings. The molecule has 0 saturated carbocycles. The molecule has 0 amide bonds. The first kappa shape index (κ1) is 19.9. The van der Waals surface area contributed by atoms with Gasteiger partial charge in [0.2, 0.25) is 0 Å². The first-order valence-corrected chi connectivity index (χ1v) is 9.02. The molecule has 2 aromatic heterocycles. The molecule has 4 atom stereocenters. The summed E-state index contributed by atoms with van der Waals surface area (Å²) in [6.07, 6.45) is -0.586. The molecular formula is C18H18FN5O6. The molecule has 1 aliphatic rings. The predicted octanol–water partition coefficient (Wildman–Crippen LogP) is -0.662. The smallest absolute Gasteiger partial charge is 0.330 e. The lowest BCUT2D eigenvalue weighted by atomic mass is 10.1. The number of para-hydroxylation sites is 1. The van der Waals surface area contributed by atoms with E-state index in [-0.39, 0.29) is 12.4 Å². The van der Waals surface area contributed by atoms with Crippen molar-refractivity contribution < 1.29 is 24.1 Å². The van der Waals surface area contributed by atoms with Crippen molar-refractivity contribution in [1.29, 1.82) is 0 Å². The number of aliphatic hydroxyl groups is 2. The standard InChI is InChI=1S/C18H18FN5O6/c19-11-3-1-2-4-12(11)29-9-10-7-24(22-21-10)15-16(27)13(8-25)30-17(15)23-6-5-14(26)20-18(23)28/h1-7,13,15-17,25,27H,8-9H2,(H,20,26,28)/t13-,15-,16-,17-/m1/s1. The number of nitrogens with zero attached hydrogens (tertiary/aromatic N) is 4. The van der Waals surface area contributed by atoms with Gasteiger partial charge >= 0.3 is 5.69 Å². The van der Waals surface area contributed by atoms with Crippen LogP contribution in [0.25, 0.3) is 0 Å². The topological polar surface area (TPSA) is 144 Å². The van der Waals surface area contributed by atoms with Crippen LogP contribution in [0.5, 0.6) is 5.75 Å². The molecule has 0 bridgehead atoms. The molecule has 30 heavy (non-hydrogen) atoms. The molecule has 3 heterocycles. The van der Waals surface area contributed by atoms with Crippen molar-refractivity contribution in [2.45, 2.75) is 31.1 Å². The highest BCUT2D eigenvalue weighted by Gasteiger charge is 2.46. The Bertz CT molecular complexity index is 1140. The molecule has 0 spiro atoms. The normalized spacial score (nSPS) is 23.6. The number of hydrogen-bond donors (Lipinski definition) is 3. The monoisotopic (exact) mass is 419 g/mol. The number of H-pyrrole nitrogens is 1. The van der Waals surface area contributed by atoms with Crippen LogP contribution < -0.4 is 16.0 Å². The second-order valence-electron chi connectivity index (χ2n) is 6.66. The van der Waals surface area contributed by atoms with E-state index in [9.17, 15) is 24.2 Å². The maximum atomic E-state index is 13.7. The Hall–Kier alpha value is -3.35. The minimum Gasteiger partial charge on any atom is -0.484 e. The minimum absolute atomic E-state index is 0.0503. The van der Waals surface area contributed by atoms with Crippen molar-refractivity contribution in [1.82, 2.24) is 24.5 Å². The van der Waals surface area contributed by atoms with Crippen molar-refractivity contribution in [3.63, 3.8) is 0 Å². The van der Waals surface area contributed by atoms with E-state index in [0.29, 0.717) is 5.69 Å². The average Bonchev–Trinajstić information content (AvgIpc) is 3.31. The molecule has 0 aliphatic carbocycles. The summed E-state index contributed by atoms with van der Waals surface area (Å²) in [6, 6.07) is 6.11. The Balaban J connectivity index is 1.59. The number of nitrogens with one attached hydrogen (secondary N) is 1. The van der Waals surface area contributed by atoms with Crippen LogP contribution in [-0.4, -0.2) is 53.6 Å². The molecule has 12 heteroatoms. The highest BCUT2D eigenvalue weighted by molar-refractivity contribution is 5.23. The van der Waals surface area contributed by atoms with Crippen molar-refractivity contribution in [2.75, 3.05) is 6.61 Å². The summed E-state index contributed by atoms with van der Waals surface area (Å²) < 4.78 is 27.1. The zero-order valence-corrected chi connectivity index (χ0v) is 15.5. The van der Waals surface area contributed by atoms with E-state index >= 15 is 0 Å². The van der Waals surface area contributed by atoms with Crippen molar-refractivity contribution in [3.8, 4) is 5.75 Å². The summed E-state index contributed by atoms with van der Waals surface area (Å²) in [7, 11) is 0. The van der Waals surface area contributed by atoms with Crippen LogP contribution in [0.4, 0.5) is 4.39 Å². The minimum atomic E-state index is -1.22. The van der Waals surface area contributed by atoms with E-state index in [1.807, 2.05) is 0 Å². The Labute approximate surface area is 167 Å². The summed E-state index contributed by atoms with van der Waals surface area (Å²) in [5.41, 5.74) is -0.990. The van der Waals surface area contributed by atoms with E-state index in [0.717, 1.165) is 10.6 Å². The van der Waals surface area contributed by atoms with E-state index in [1.165, 1.54) is 35.3 Å². The molecule has 3 N–H and O–H groups in total. The van der Waals surface area contributed by atoms with Gasteiger partial charge in [0.05, 0.1) is 12.8 Å². The third kappa shape index (κ3) is 3.75. The maximum absolute atomic E-state index is 13.7. The highest BCUT2D eigenvalue weighted by atomic mass is 19.1. The largest absolute Gasteiger partial charge is 0.484 e. The Morgan fingerprint density at radius 2 is 2.07 bits per heavy atom. The van der Waals surface area contributed by atoms with Crippen LogP contribution >= 0.6 is 0 Å². The molecule has 1 saturated heterocycles. The van der Waals surface area contributed by atoms with E-state index in [2.05, 4.69) is 15.3 Å². The fourth-order valence-corrected chi connectivity index (χ4v) is 3.26. The van der Waals surface area contributed by atoms with E-state index in [1.54, 1.807) is 6.07 Å². The molecule has 4 rings (SSSR count). The van der Waals surface area contributed by atoms with Gasteiger partial charge in [0.25, 0.3) is 5.56 Å². The maximum Gasteiger partial charge on any atom is 0.330 e. The van der Waals surface area contributed by atoms with Crippen molar-refractivity contribution >= 4 is 0 Å². The molecule has 0 unspecified atom stereocenters. The molecule has 11 nitrogen and oxygen atoms in total. The number of halogens is 1. The lowest BCUT2D eigenvalue weighted by molar-refractivity contribution is -0.0479. The number of aromatic amines is 1. The number of ether oxygens (including phenoxy) is 2. The first-order valence-electron chi connectivity index (χ1n) is 9.02. The van der Waals surface area contributed by atoms with Crippen LogP contribution in [0.1, 0.15) is 18.0 Å². The SMILES string of the molecule is O=c1ccn([C@@H]2O[C@H](CO)[C@@H](O)[C@H]2n2cc(COc3ccccc3F)nn2)c(=O)[nH]1. The van der Waals surface area contributed by atoms with Crippen molar-refractivity contribution in [3.05, 3.63) is 75.1 Å². The van der Waals surface area contributed by atoms with Gasteiger partial charge in [-0.3, -0.25) is 14.3 Å². The quantitative estimate of drug-likeness (QED) is 0.478. The summed E-state index contributed by atoms with van der Waals surface area (Å²) in [6.45, 7) is -0.582. The fourth-order valence-electron chi connectivity index (χ4n) is 3.26. The summed E-state index contributed by atoms with van der Waals surface area (Å²) in [5.74, 6) is -0.470. The highest BCUT2D eigenvalue weighted by Crippen LogP contribution is 2.37. The number of aliphatic hydroxyl groups excluding tert-OH is 2. The van der Waals surface area contributed by atoms with Gasteiger partial charge in [-0.25, -0.2) is 13.9 Å². The Kier molecular flexibility index (Phi) is 5.44. The summed E-state index contributed by atoms with van der Waals surface area (Å²) in [4.78, 5) is 25.6. The van der Waals surface area contributed by atoms with Gasteiger partial charge in [0.15, 0.2) is 17.8 Å². The van der Waals surface area contributed by atoms with Gasteiger partial charge in [0.1, 0.15) is 30.6 Å². The molecule has 0 radical (unpaired) electrons. The van der Waals surface area contributed by atoms with E-state index in [4.69, 9.17) is 9.47 Å². The van der Waals surface area contributed by atoms with E-state index < -0.39 is 48.2 Å². The Morgan fingerprint density at radius 3 is 2.80 bits per heavy atom.